The highest BCUT2D eigenvalue weighted by Crippen LogP contribution is 2.26. The van der Waals surface area contributed by atoms with E-state index in [0.717, 1.165) is 34.6 Å². The number of rotatable bonds is 4. The summed E-state index contributed by atoms with van der Waals surface area (Å²) < 4.78 is 6.72. The van der Waals surface area contributed by atoms with E-state index in [2.05, 4.69) is 34.2 Å². The lowest BCUT2D eigenvalue weighted by Gasteiger charge is -2.25. The van der Waals surface area contributed by atoms with Crippen molar-refractivity contribution in [2.45, 2.75) is 38.3 Å². The molecule has 18 heavy (non-hydrogen) atoms. The lowest BCUT2D eigenvalue weighted by molar-refractivity contribution is 0.0156. The van der Waals surface area contributed by atoms with Crippen molar-refractivity contribution in [2.75, 3.05) is 13.2 Å². The molecule has 1 fully saturated rings. The Bertz CT molecular complexity index is 393. The van der Waals surface area contributed by atoms with Gasteiger partial charge in [0.05, 0.1) is 6.10 Å². The molecule has 100 valence electrons. The zero-order chi connectivity index (χ0) is 13.0. The Morgan fingerprint density at radius 1 is 1.50 bits per heavy atom. The van der Waals surface area contributed by atoms with Crippen molar-refractivity contribution < 1.29 is 4.74 Å². The molecule has 2 atom stereocenters. The summed E-state index contributed by atoms with van der Waals surface area (Å²) in [7, 11) is 0. The number of halogens is 2. The van der Waals surface area contributed by atoms with Crippen LogP contribution in [-0.2, 0) is 4.74 Å². The molecule has 1 aromatic rings. The smallest absolute Gasteiger partial charge is 0.0699 e. The van der Waals surface area contributed by atoms with Crippen molar-refractivity contribution in [1.29, 1.82) is 0 Å². The molecule has 1 N–H and O–H groups in total. The van der Waals surface area contributed by atoms with Crippen LogP contribution in [-0.4, -0.2) is 19.3 Å². The molecular weight excluding hydrogens is 314 g/mol. The van der Waals surface area contributed by atoms with Gasteiger partial charge in [-0.05, 0) is 43.9 Å². The summed E-state index contributed by atoms with van der Waals surface area (Å²) >= 11 is 9.67. The third-order valence-corrected chi connectivity index (χ3v) is 4.18. The summed E-state index contributed by atoms with van der Waals surface area (Å²) in [6, 6.07) is 6.27. The van der Waals surface area contributed by atoms with Crippen LogP contribution in [0.5, 0.6) is 0 Å². The molecule has 0 saturated carbocycles. The molecule has 1 aromatic carbocycles. The minimum Gasteiger partial charge on any atom is -0.377 e. The van der Waals surface area contributed by atoms with Gasteiger partial charge in [-0.2, -0.15) is 0 Å². The quantitative estimate of drug-likeness (QED) is 0.886. The number of hydrogen-bond donors (Lipinski definition) is 1. The normalized spacial score (nSPS) is 21.8. The van der Waals surface area contributed by atoms with Gasteiger partial charge in [-0.25, -0.2) is 0 Å². The van der Waals surface area contributed by atoms with Crippen molar-refractivity contribution in [3.63, 3.8) is 0 Å². The van der Waals surface area contributed by atoms with Crippen LogP contribution in [0.2, 0.25) is 5.02 Å². The van der Waals surface area contributed by atoms with Gasteiger partial charge in [-0.1, -0.05) is 33.6 Å². The molecule has 1 heterocycles. The van der Waals surface area contributed by atoms with E-state index in [9.17, 15) is 0 Å². The topological polar surface area (TPSA) is 21.3 Å². The van der Waals surface area contributed by atoms with Crippen LogP contribution < -0.4 is 5.32 Å². The molecule has 1 aliphatic rings. The van der Waals surface area contributed by atoms with Gasteiger partial charge in [-0.3, -0.25) is 0 Å². The Hall–Kier alpha value is -0.0900. The van der Waals surface area contributed by atoms with E-state index >= 15 is 0 Å². The molecule has 0 amide bonds. The molecule has 0 spiro atoms. The average molecular weight is 333 g/mol. The van der Waals surface area contributed by atoms with Crippen LogP contribution in [0.3, 0.4) is 0 Å². The van der Waals surface area contributed by atoms with E-state index in [4.69, 9.17) is 16.3 Å². The van der Waals surface area contributed by atoms with Gasteiger partial charge >= 0.3 is 0 Å². The molecule has 0 bridgehead atoms. The maximum absolute atomic E-state index is 6.24. The Labute approximate surface area is 122 Å². The summed E-state index contributed by atoms with van der Waals surface area (Å²) in [4.78, 5) is 0. The first-order valence-electron chi connectivity index (χ1n) is 6.47. The van der Waals surface area contributed by atoms with E-state index in [0.29, 0.717) is 6.10 Å². The van der Waals surface area contributed by atoms with Crippen molar-refractivity contribution in [3.8, 4) is 0 Å². The van der Waals surface area contributed by atoms with Crippen LogP contribution >= 0.6 is 27.5 Å². The lowest BCUT2D eigenvalue weighted by Crippen LogP contribution is -2.33. The van der Waals surface area contributed by atoms with E-state index < -0.39 is 0 Å². The van der Waals surface area contributed by atoms with Gasteiger partial charge in [-0.15, -0.1) is 0 Å². The van der Waals surface area contributed by atoms with E-state index in [1.54, 1.807) is 0 Å². The summed E-state index contributed by atoms with van der Waals surface area (Å²) in [5.41, 5.74) is 1.13. The van der Waals surface area contributed by atoms with Gasteiger partial charge in [0.25, 0.3) is 0 Å². The van der Waals surface area contributed by atoms with Crippen LogP contribution in [0.25, 0.3) is 0 Å². The molecule has 1 aliphatic heterocycles. The van der Waals surface area contributed by atoms with E-state index in [-0.39, 0.29) is 6.04 Å². The molecule has 0 radical (unpaired) electrons. The summed E-state index contributed by atoms with van der Waals surface area (Å²) in [5.74, 6) is 0. The fraction of sp³-hybridized carbons (Fsp3) is 0.571. The number of benzene rings is 1. The van der Waals surface area contributed by atoms with E-state index in [1.807, 2.05) is 12.1 Å². The largest absolute Gasteiger partial charge is 0.377 e. The lowest BCUT2D eigenvalue weighted by atomic mass is 10.1. The summed E-state index contributed by atoms with van der Waals surface area (Å²) in [6.07, 6.45) is 3.99. The highest BCUT2D eigenvalue weighted by Gasteiger charge is 2.16. The van der Waals surface area contributed by atoms with E-state index in [1.165, 1.54) is 12.8 Å². The maximum Gasteiger partial charge on any atom is 0.0699 e. The second-order valence-electron chi connectivity index (χ2n) is 4.78. The highest BCUT2D eigenvalue weighted by molar-refractivity contribution is 9.10. The van der Waals surface area contributed by atoms with Crippen molar-refractivity contribution in [1.82, 2.24) is 5.32 Å². The Morgan fingerprint density at radius 2 is 2.33 bits per heavy atom. The van der Waals surface area contributed by atoms with Gasteiger partial charge in [0.2, 0.25) is 0 Å². The average Bonchev–Trinajstić information content (AvgIpc) is 2.37. The first-order chi connectivity index (χ1) is 8.66. The van der Waals surface area contributed by atoms with Crippen LogP contribution in [0.1, 0.15) is 37.8 Å². The zero-order valence-electron chi connectivity index (χ0n) is 10.6. The number of ether oxygens (including phenoxy) is 1. The van der Waals surface area contributed by atoms with Crippen molar-refractivity contribution in [3.05, 3.63) is 33.3 Å². The SMILES string of the molecule is CC(NCC1CCCCO1)c1ccc(Br)cc1Cl. The van der Waals surface area contributed by atoms with Crippen molar-refractivity contribution >= 4 is 27.5 Å². The Balaban J connectivity index is 1.88. The zero-order valence-corrected chi connectivity index (χ0v) is 12.9. The van der Waals surface area contributed by atoms with Gasteiger partial charge < -0.3 is 10.1 Å². The van der Waals surface area contributed by atoms with Crippen molar-refractivity contribution in [2.24, 2.45) is 0 Å². The third kappa shape index (κ3) is 3.95. The Morgan fingerprint density at radius 3 is 3.00 bits per heavy atom. The van der Waals surface area contributed by atoms with Gasteiger partial charge in [0, 0.05) is 28.7 Å². The number of nitrogens with one attached hydrogen (secondary N) is 1. The molecule has 2 unspecified atom stereocenters. The second-order valence-corrected chi connectivity index (χ2v) is 6.11. The second kappa shape index (κ2) is 6.90. The highest BCUT2D eigenvalue weighted by atomic mass is 79.9. The molecule has 0 aromatic heterocycles. The maximum atomic E-state index is 6.24. The van der Waals surface area contributed by atoms with Crippen LogP contribution in [0.4, 0.5) is 0 Å². The minimum absolute atomic E-state index is 0.246. The first-order valence-corrected chi connectivity index (χ1v) is 7.64. The fourth-order valence-corrected chi connectivity index (χ4v) is 3.08. The molecule has 4 heteroatoms. The molecule has 0 aliphatic carbocycles. The van der Waals surface area contributed by atoms with Crippen LogP contribution in [0, 0.1) is 0 Å². The summed E-state index contributed by atoms with van der Waals surface area (Å²) in [6.45, 7) is 3.94. The minimum atomic E-state index is 0.246. The standard InChI is InChI=1S/C14H19BrClNO/c1-10(13-6-5-11(15)8-14(13)16)17-9-12-4-2-3-7-18-12/h5-6,8,10,12,17H,2-4,7,9H2,1H3. The van der Waals surface area contributed by atoms with Gasteiger partial charge in [0.15, 0.2) is 0 Å². The number of hydrogen-bond acceptors (Lipinski definition) is 2. The summed E-state index contributed by atoms with van der Waals surface area (Å²) in [5, 5.41) is 4.30. The Kier molecular flexibility index (Phi) is 5.49. The third-order valence-electron chi connectivity index (χ3n) is 3.35. The molecule has 2 nitrogen and oxygen atoms in total. The monoisotopic (exact) mass is 331 g/mol. The molecule has 2 rings (SSSR count). The van der Waals surface area contributed by atoms with Gasteiger partial charge in [0.1, 0.15) is 0 Å². The first kappa shape index (κ1) is 14.3. The molecular formula is C14H19BrClNO. The molecule has 1 saturated heterocycles. The fourth-order valence-electron chi connectivity index (χ4n) is 2.24. The predicted molar refractivity (Wildman–Crippen MR) is 79.2 cm³/mol. The predicted octanol–water partition coefficient (Wildman–Crippen LogP) is 4.32. The van der Waals surface area contributed by atoms with Crippen LogP contribution in [0.15, 0.2) is 22.7 Å².